The smallest absolute Gasteiger partial charge is 0.280 e. The van der Waals surface area contributed by atoms with E-state index in [0.29, 0.717) is 22.4 Å². The maximum Gasteiger partial charge on any atom is 0.280 e. The van der Waals surface area contributed by atoms with Crippen LogP contribution in [0.2, 0.25) is 0 Å². The highest BCUT2D eigenvalue weighted by atomic mass is 19.3. The Morgan fingerprint density at radius 2 is 2.08 bits per heavy atom. The fourth-order valence-corrected chi connectivity index (χ4v) is 5.19. The van der Waals surface area contributed by atoms with E-state index in [2.05, 4.69) is 20.4 Å². The number of methoxy groups -OCH3 is 1. The number of aryl methyl sites for hydroxylation is 1. The van der Waals surface area contributed by atoms with Gasteiger partial charge >= 0.3 is 0 Å². The molecule has 0 bridgehead atoms. The summed E-state index contributed by atoms with van der Waals surface area (Å²) >= 11 is 0. The molecule has 1 unspecified atom stereocenters. The molecule has 9 nitrogen and oxygen atoms in total. The van der Waals surface area contributed by atoms with Crippen LogP contribution in [0.15, 0.2) is 24.4 Å². The van der Waals surface area contributed by atoms with Gasteiger partial charge in [0.15, 0.2) is 5.82 Å². The van der Waals surface area contributed by atoms with Crippen LogP contribution in [0, 0.1) is 12.7 Å². The van der Waals surface area contributed by atoms with E-state index in [-0.39, 0.29) is 49.1 Å². The maximum absolute atomic E-state index is 15.4. The number of imidazole rings is 1. The molecular formula is C25H26F5N7O2. The highest BCUT2D eigenvalue weighted by Crippen LogP contribution is 2.37. The summed E-state index contributed by atoms with van der Waals surface area (Å²) in [4.78, 5) is 9.96. The molecule has 4 aromatic rings. The Morgan fingerprint density at radius 3 is 2.74 bits per heavy atom. The van der Waals surface area contributed by atoms with E-state index in [1.54, 1.807) is 25.1 Å². The Labute approximate surface area is 220 Å². The predicted octanol–water partition coefficient (Wildman–Crippen LogP) is 3.99. The molecule has 1 atom stereocenters. The van der Waals surface area contributed by atoms with Gasteiger partial charge in [0.05, 0.1) is 69.6 Å². The van der Waals surface area contributed by atoms with Gasteiger partial charge in [0.1, 0.15) is 11.3 Å². The minimum atomic E-state index is -3.20. The molecule has 5 heterocycles. The highest BCUT2D eigenvalue weighted by Gasteiger charge is 2.47. The zero-order valence-corrected chi connectivity index (χ0v) is 21.1. The Hall–Kier alpha value is -3.52. The number of halogens is 5. The Morgan fingerprint density at radius 1 is 1.28 bits per heavy atom. The number of nitrogens with zero attached hydrogens (tertiary/aromatic N) is 6. The van der Waals surface area contributed by atoms with Crippen molar-refractivity contribution >= 4 is 22.5 Å². The fourth-order valence-electron chi connectivity index (χ4n) is 5.19. The minimum Gasteiger partial charge on any atom is -0.479 e. The monoisotopic (exact) mass is 552 g/mol. The lowest BCUT2D eigenvalue weighted by molar-refractivity contribution is -0.131. The van der Waals surface area contributed by atoms with Crippen molar-refractivity contribution in [3.8, 4) is 17.0 Å². The van der Waals surface area contributed by atoms with Crippen LogP contribution in [-0.2, 0) is 11.3 Å². The summed E-state index contributed by atoms with van der Waals surface area (Å²) < 4.78 is 93.1. The van der Waals surface area contributed by atoms with Gasteiger partial charge in [0, 0.05) is 6.54 Å². The number of nitrogens with one attached hydrogen (secondary N) is 1. The van der Waals surface area contributed by atoms with Crippen LogP contribution in [-0.4, -0.2) is 86.9 Å². The lowest BCUT2D eigenvalue weighted by Crippen LogP contribution is -2.61. The lowest BCUT2D eigenvalue weighted by Gasteiger charge is -2.44. The van der Waals surface area contributed by atoms with E-state index in [1.807, 2.05) is 0 Å². The second-order valence-corrected chi connectivity index (χ2v) is 9.68. The first kappa shape index (κ1) is 24.5. The van der Waals surface area contributed by atoms with Crippen LogP contribution in [0.25, 0.3) is 27.7 Å². The van der Waals surface area contributed by atoms with Crippen molar-refractivity contribution < 1.29 is 32.8 Å². The second-order valence-electron chi connectivity index (χ2n) is 9.68. The number of anilines is 1. The van der Waals surface area contributed by atoms with Gasteiger partial charge in [-0.25, -0.2) is 31.5 Å². The van der Waals surface area contributed by atoms with Crippen molar-refractivity contribution in [1.29, 1.82) is 0 Å². The van der Waals surface area contributed by atoms with Gasteiger partial charge in [0.25, 0.3) is 12.3 Å². The summed E-state index contributed by atoms with van der Waals surface area (Å²) in [5.74, 6) is -3.74. The number of likely N-dealkylation sites (tertiary alicyclic amines) is 1. The Bertz CT molecular complexity index is 1590. The summed E-state index contributed by atoms with van der Waals surface area (Å²) in [6, 6.07) is 2.30. The van der Waals surface area contributed by atoms with Crippen LogP contribution >= 0.6 is 0 Å². The molecule has 0 saturated carbocycles. The third-order valence-corrected chi connectivity index (χ3v) is 7.18. The summed E-state index contributed by atoms with van der Waals surface area (Å²) in [7, 11) is 1.31. The van der Waals surface area contributed by atoms with Gasteiger partial charge in [-0.3, -0.25) is 4.90 Å². The molecule has 1 N–H and O–H groups in total. The molecule has 0 amide bonds. The minimum absolute atomic E-state index is 0.0222. The summed E-state index contributed by atoms with van der Waals surface area (Å²) in [5.41, 5.74) is 1.45. The molecule has 208 valence electrons. The van der Waals surface area contributed by atoms with E-state index in [9.17, 15) is 8.78 Å². The average Bonchev–Trinajstić information content (AvgIpc) is 3.37. The molecule has 2 aliphatic rings. The highest BCUT2D eigenvalue weighted by molar-refractivity contribution is 5.90. The first-order valence-corrected chi connectivity index (χ1v) is 12.3. The van der Waals surface area contributed by atoms with Crippen molar-refractivity contribution in [3.05, 3.63) is 36.0 Å². The number of rotatable bonds is 7. The van der Waals surface area contributed by atoms with Crippen LogP contribution < -0.4 is 10.1 Å². The van der Waals surface area contributed by atoms with Gasteiger partial charge in [-0.1, -0.05) is 6.07 Å². The molecule has 3 aromatic heterocycles. The molecule has 39 heavy (non-hydrogen) atoms. The van der Waals surface area contributed by atoms with E-state index < -0.39 is 43.3 Å². The number of hydrogen-bond acceptors (Lipinski definition) is 7. The van der Waals surface area contributed by atoms with Crippen LogP contribution in [0.5, 0.6) is 5.88 Å². The van der Waals surface area contributed by atoms with E-state index in [1.165, 1.54) is 16.6 Å². The first-order valence-electron chi connectivity index (χ1n) is 12.8. The van der Waals surface area contributed by atoms with Gasteiger partial charge in [-0.05, 0) is 31.0 Å². The molecule has 1 aromatic carbocycles. The normalized spacial score (nSPS) is 21.3. The summed E-state index contributed by atoms with van der Waals surface area (Å²) in [6.07, 6.45) is -1.51. The molecule has 2 aliphatic heterocycles. The van der Waals surface area contributed by atoms with Gasteiger partial charge in [0.2, 0.25) is 11.8 Å². The molecule has 0 radical (unpaired) electrons. The number of ether oxygens (including phenoxy) is 2. The zero-order chi connectivity index (χ0) is 28.4. The molecule has 0 spiro atoms. The number of hydrogen-bond donors (Lipinski definition) is 1. The van der Waals surface area contributed by atoms with Crippen molar-refractivity contribution in [2.75, 3.05) is 38.7 Å². The molecule has 2 fully saturated rings. The topological polar surface area (TPSA) is 81.7 Å². The maximum atomic E-state index is 15.4. The number of piperidine rings is 1. The Kier molecular flexibility index (Phi) is 6.03. The average molecular weight is 553 g/mol. The molecule has 14 heteroatoms. The lowest BCUT2D eigenvalue weighted by atomic mass is 9.98. The standard InChI is InChI=1S/C25H26F5N7O2/c1-13-31-17-4-3-14(7-18(17)36(13)9-20(27)28)21-16(26)8-37-22(21)23(38-2)33-24(34-37)32-19-5-6-35(12-25(19,29)30)15-10-39-11-15/h3-4,7-8,15,19-20H,5-6,9-12H2,1-2H3,(H,32,34)/i15D. The summed E-state index contributed by atoms with van der Waals surface area (Å²) in [5, 5.41) is 6.89. The van der Waals surface area contributed by atoms with E-state index in [4.69, 9.17) is 10.8 Å². The van der Waals surface area contributed by atoms with Gasteiger partial charge in [-0.2, -0.15) is 4.98 Å². The quantitative estimate of drug-likeness (QED) is 0.348. The number of alkyl halides is 4. The third-order valence-electron chi connectivity index (χ3n) is 7.18. The third kappa shape index (κ3) is 4.54. The first-order chi connectivity index (χ1) is 19.0. The molecule has 0 aliphatic carbocycles. The van der Waals surface area contributed by atoms with Crippen molar-refractivity contribution in [3.63, 3.8) is 0 Å². The number of benzene rings is 1. The predicted molar refractivity (Wildman–Crippen MR) is 132 cm³/mol. The van der Waals surface area contributed by atoms with Crippen LogP contribution in [0.1, 0.15) is 13.6 Å². The van der Waals surface area contributed by atoms with Crippen LogP contribution in [0.4, 0.5) is 27.9 Å². The molecule has 6 rings (SSSR count). The SMILES string of the molecule is [2H]C1(N2CCC(Nc3nc(OC)c4c(-c5ccc6nc(C)n(CC(F)F)c6c5)c(F)cn4n3)C(F)(F)C2)COC1. The van der Waals surface area contributed by atoms with Crippen LogP contribution in [0.3, 0.4) is 0 Å². The molecular weight excluding hydrogens is 525 g/mol. The molecule has 2 saturated heterocycles. The van der Waals surface area contributed by atoms with Gasteiger partial charge in [-0.15, -0.1) is 5.10 Å². The summed E-state index contributed by atoms with van der Waals surface area (Å²) in [6.45, 7) is 0.852. The van der Waals surface area contributed by atoms with Crippen molar-refractivity contribution in [2.24, 2.45) is 0 Å². The second kappa shape index (κ2) is 9.59. The fraction of sp³-hybridized carbons (Fsp3) is 0.480. The van der Waals surface area contributed by atoms with Crippen molar-refractivity contribution in [1.82, 2.24) is 29.0 Å². The largest absolute Gasteiger partial charge is 0.479 e. The zero-order valence-electron chi connectivity index (χ0n) is 22.1. The van der Waals surface area contributed by atoms with Gasteiger partial charge < -0.3 is 19.4 Å². The van der Waals surface area contributed by atoms with Crippen molar-refractivity contribution in [2.45, 2.75) is 44.3 Å². The van der Waals surface area contributed by atoms with E-state index in [0.717, 1.165) is 10.7 Å². The van der Waals surface area contributed by atoms with E-state index >= 15 is 13.2 Å². The number of aromatic nitrogens is 5. The number of fused-ring (bicyclic) bond motifs is 2. The Balaban J connectivity index is 1.34.